The van der Waals surface area contributed by atoms with E-state index >= 15 is 0 Å². The minimum atomic E-state index is -0.101. The Morgan fingerprint density at radius 3 is 2.75 bits per heavy atom. The smallest absolute Gasteiger partial charge is 0.259 e. The molecule has 0 heterocycles. The first-order valence-electron chi connectivity index (χ1n) is 7.31. The number of carbonyl (C=O) groups excluding carboxylic acids is 1. The van der Waals surface area contributed by atoms with Crippen molar-refractivity contribution in [3.05, 3.63) is 29.8 Å². The highest BCUT2D eigenvalue weighted by Crippen LogP contribution is 2.20. The number of aryl methyl sites for hydroxylation is 1. The Kier molecular flexibility index (Phi) is 5.16. The van der Waals surface area contributed by atoms with Crippen LogP contribution >= 0.6 is 0 Å². The molecule has 0 saturated heterocycles. The Morgan fingerprint density at radius 1 is 1.30 bits per heavy atom. The van der Waals surface area contributed by atoms with Crippen molar-refractivity contribution in [2.75, 3.05) is 11.9 Å². The quantitative estimate of drug-likeness (QED) is 0.828. The van der Waals surface area contributed by atoms with Crippen LogP contribution < -0.4 is 10.7 Å². The first-order valence-corrected chi connectivity index (χ1v) is 7.31. The van der Waals surface area contributed by atoms with E-state index in [-0.39, 0.29) is 12.5 Å². The molecule has 1 aromatic rings. The van der Waals surface area contributed by atoms with Crippen molar-refractivity contribution >= 4 is 17.3 Å². The van der Waals surface area contributed by atoms with Crippen molar-refractivity contribution < 1.29 is 4.79 Å². The third-order valence-electron chi connectivity index (χ3n) is 3.72. The van der Waals surface area contributed by atoms with E-state index in [4.69, 9.17) is 0 Å². The molecule has 0 bridgehead atoms. The largest absolute Gasteiger partial charge is 0.376 e. The van der Waals surface area contributed by atoms with Gasteiger partial charge >= 0.3 is 0 Å². The fraction of sp³-hybridized carbons (Fsp3) is 0.500. The van der Waals surface area contributed by atoms with E-state index < -0.39 is 0 Å². The Morgan fingerprint density at radius 2 is 2.05 bits per heavy atom. The molecule has 1 aliphatic carbocycles. The van der Waals surface area contributed by atoms with Crippen LogP contribution in [-0.2, 0) is 4.79 Å². The lowest BCUT2D eigenvalue weighted by Gasteiger charge is -2.19. The van der Waals surface area contributed by atoms with Gasteiger partial charge in [-0.15, -0.1) is 0 Å². The van der Waals surface area contributed by atoms with Gasteiger partial charge in [0.15, 0.2) is 0 Å². The molecule has 1 saturated carbocycles. The van der Waals surface area contributed by atoms with Gasteiger partial charge in [0.2, 0.25) is 0 Å². The predicted molar refractivity (Wildman–Crippen MR) is 82.9 cm³/mol. The fourth-order valence-electron chi connectivity index (χ4n) is 2.36. The first kappa shape index (κ1) is 14.6. The average molecular weight is 273 g/mol. The van der Waals surface area contributed by atoms with Crippen LogP contribution in [-0.4, -0.2) is 18.2 Å². The van der Waals surface area contributed by atoms with Gasteiger partial charge in [-0.1, -0.05) is 31.0 Å². The third kappa shape index (κ3) is 4.37. The molecular formula is C16H23N3O. The Hall–Kier alpha value is -1.84. The van der Waals surface area contributed by atoms with E-state index in [2.05, 4.69) is 22.8 Å². The van der Waals surface area contributed by atoms with Crippen LogP contribution in [0.1, 0.15) is 38.2 Å². The standard InChI is InChI=1S/C16H23N3O/c1-12-7-9-14(10-8-12)17-11-16(20)19-18-15-6-4-3-5-13(15)2/h7-10,13,17H,3-6,11H2,1-2H3,(H,19,20)/b18-15-/t13-/m1/s1. The van der Waals surface area contributed by atoms with Gasteiger partial charge in [-0.05, 0) is 44.2 Å². The summed E-state index contributed by atoms with van der Waals surface area (Å²) in [5, 5.41) is 7.36. The van der Waals surface area contributed by atoms with E-state index in [1.165, 1.54) is 24.8 Å². The van der Waals surface area contributed by atoms with Crippen LogP contribution in [0.2, 0.25) is 0 Å². The van der Waals surface area contributed by atoms with E-state index in [1.807, 2.05) is 31.2 Å². The van der Waals surface area contributed by atoms with Crippen LogP contribution in [0.25, 0.3) is 0 Å². The summed E-state index contributed by atoms with van der Waals surface area (Å²) < 4.78 is 0. The van der Waals surface area contributed by atoms with Gasteiger partial charge in [-0.3, -0.25) is 4.79 Å². The zero-order valence-corrected chi connectivity index (χ0v) is 12.3. The molecule has 1 aromatic carbocycles. The number of benzene rings is 1. The Bertz CT molecular complexity index is 479. The number of nitrogens with zero attached hydrogens (tertiary/aromatic N) is 1. The molecule has 0 unspecified atom stereocenters. The van der Waals surface area contributed by atoms with Gasteiger partial charge in [0, 0.05) is 11.4 Å². The summed E-state index contributed by atoms with van der Waals surface area (Å²) in [6.07, 6.45) is 4.63. The predicted octanol–water partition coefficient (Wildman–Crippen LogP) is 3.09. The van der Waals surface area contributed by atoms with Crippen molar-refractivity contribution in [2.24, 2.45) is 11.0 Å². The van der Waals surface area contributed by atoms with Gasteiger partial charge in [-0.2, -0.15) is 5.10 Å². The lowest BCUT2D eigenvalue weighted by molar-refractivity contribution is -0.119. The number of rotatable bonds is 4. The van der Waals surface area contributed by atoms with Crippen LogP contribution in [0.4, 0.5) is 5.69 Å². The molecule has 1 aliphatic rings. The lowest BCUT2D eigenvalue weighted by atomic mass is 9.89. The van der Waals surface area contributed by atoms with E-state index in [9.17, 15) is 4.79 Å². The van der Waals surface area contributed by atoms with E-state index in [0.29, 0.717) is 5.92 Å². The van der Waals surface area contributed by atoms with Gasteiger partial charge in [-0.25, -0.2) is 5.43 Å². The second kappa shape index (κ2) is 7.08. The van der Waals surface area contributed by atoms with Crippen molar-refractivity contribution in [2.45, 2.75) is 39.5 Å². The first-order chi connectivity index (χ1) is 9.65. The molecule has 1 fully saturated rings. The van der Waals surface area contributed by atoms with Crippen LogP contribution in [0, 0.1) is 12.8 Å². The molecule has 108 valence electrons. The SMILES string of the molecule is Cc1ccc(NCC(=O)N/N=C2/CCCC[C@H]2C)cc1. The summed E-state index contributed by atoms with van der Waals surface area (Å²) >= 11 is 0. The van der Waals surface area contributed by atoms with Gasteiger partial charge < -0.3 is 5.32 Å². The normalized spacial score (nSPS) is 20.7. The topological polar surface area (TPSA) is 53.5 Å². The number of hydrogen-bond donors (Lipinski definition) is 2. The van der Waals surface area contributed by atoms with E-state index in [0.717, 1.165) is 17.8 Å². The number of anilines is 1. The zero-order valence-electron chi connectivity index (χ0n) is 12.3. The van der Waals surface area contributed by atoms with Gasteiger partial charge in [0.1, 0.15) is 0 Å². The maximum Gasteiger partial charge on any atom is 0.259 e. The van der Waals surface area contributed by atoms with Crippen molar-refractivity contribution in [3.8, 4) is 0 Å². The Labute approximate surface area is 120 Å². The molecule has 20 heavy (non-hydrogen) atoms. The number of hydrazone groups is 1. The molecular weight excluding hydrogens is 250 g/mol. The number of hydrogen-bond acceptors (Lipinski definition) is 3. The minimum absolute atomic E-state index is 0.101. The van der Waals surface area contributed by atoms with Crippen LogP contribution in [0.3, 0.4) is 0 Å². The zero-order chi connectivity index (χ0) is 14.4. The summed E-state index contributed by atoms with van der Waals surface area (Å²) in [6.45, 7) is 4.46. The minimum Gasteiger partial charge on any atom is -0.376 e. The van der Waals surface area contributed by atoms with Crippen molar-refractivity contribution in [1.29, 1.82) is 0 Å². The summed E-state index contributed by atoms with van der Waals surface area (Å²) in [6, 6.07) is 7.98. The Balaban J connectivity index is 1.77. The maximum atomic E-state index is 11.8. The molecule has 0 spiro atoms. The second-order valence-corrected chi connectivity index (χ2v) is 5.50. The highest BCUT2D eigenvalue weighted by molar-refractivity contribution is 5.89. The summed E-state index contributed by atoms with van der Waals surface area (Å²) in [4.78, 5) is 11.8. The third-order valence-corrected chi connectivity index (χ3v) is 3.72. The van der Waals surface area contributed by atoms with Crippen molar-refractivity contribution in [1.82, 2.24) is 5.43 Å². The number of nitrogens with one attached hydrogen (secondary N) is 2. The van der Waals surface area contributed by atoms with Gasteiger partial charge in [0.25, 0.3) is 5.91 Å². The highest BCUT2D eigenvalue weighted by Gasteiger charge is 2.15. The fourth-order valence-corrected chi connectivity index (χ4v) is 2.36. The van der Waals surface area contributed by atoms with Crippen LogP contribution in [0.15, 0.2) is 29.4 Å². The molecule has 2 N–H and O–H groups in total. The number of carbonyl (C=O) groups is 1. The summed E-state index contributed by atoms with van der Waals surface area (Å²) in [5.74, 6) is 0.393. The summed E-state index contributed by atoms with van der Waals surface area (Å²) in [5.41, 5.74) is 5.93. The molecule has 1 amide bonds. The highest BCUT2D eigenvalue weighted by atomic mass is 16.2. The van der Waals surface area contributed by atoms with Crippen molar-refractivity contribution in [3.63, 3.8) is 0 Å². The van der Waals surface area contributed by atoms with Gasteiger partial charge in [0.05, 0.1) is 6.54 Å². The number of amides is 1. The lowest BCUT2D eigenvalue weighted by Crippen LogP contribution is -2.28. The maximum absolute atomic E-state index is 11.8. The molecule has 4 heteroatoms. The average Bonchev–Trinajstić information content (AvgIpc) is 2.46. The molecule has 0 aliphatic heterocycles. The second-order valence-electron chi connectivity index (χ2n) is 5.50. The molecule has 4 nitrogen and oxygen atoms in total. The molecule has 0 radical (unpaired) electrons. The summed E-state index contributed by atoms with van der Waals surface area (Å²) in [7, 11) is 0. The molecule has 1 atom stereocenters. The van der Waals surface area contributed by atoms with E-state index in [1.54, 1.807) is 0 Å². The monoisotopic (exact) mass is 273 g/mol. The van der Waals surface area contributed by atoms with Crippen LogP contribution in [0.5, 0.6) is 0 Å². The molecule has 2 rings (SSSR count). The molecule has 0 aromatic heterocycles.